The number of aryl methyl sites for hydroxylation is 1. The maximum absolute atomic E-state index is 6.04. The first-order valence-corrected chi connectivity index (χ1v) is 8.39. The van der Waals surface area contributed by atoms with Gasteiger partial charge in [-0.3, -0.25) is 14.6 Å². The van der Waals surface area contributed by atoms with Gasteiger partial charge in [-0.15, -0.1) is 0 Å². The van der Waals surface area contributed by atoms with Crippen LogP contribution in [0.5, 0.6) is 0 Å². The van der Waals surface area contributed by atoms with Crippen LogP contribution in [0.4, 0.5) is 0 Å². The molecule has 122 valence electrons. The van der Waals surface area contributed by atoms with Crippen LogP contribution in [0, 0.1) is 5.92 Å². The van der Waals surface area contributed by atoms with Crippen molar-refractivity contribution in [2.45, 2.75) is 44.2 Å². The van der Waals surface area contributed by atoms with Crippen LogP contribution in [0.3, 0.4) is 0 Å². The fourth-order valence-corrected chi connectivity index (χ4v) is 3.62. The molecule has 22 heavy (non-hydrogen) atoms. The number of rotatable bonds is 4. The van der Waals surface area contributed by atoms with Crippen molar-refractivity contribution in [3.05, 3.63) is 18.0 Å². The molecule has 0 spiro atoms. The summed E-state index contributed by atoms with van der Waals surface area (Å²) in [6, 6.07) is 3.05. The molecule has 1 aromatic heterocycles. The minimum absolute atomic E-state index is 0.376. The van der Waals surface area contributed by atoms with E-state index in [2.05, 4.69) is 33.4 Å². The highest BCUT2D eigenvalue weighted by Crippen LogP contribution is 2.34. The third-order valence-electron chi connectivity index (χ3n) is 5.12. The van der Waals surface area contributed by atoms with Gasteiger partial charge in [-0.05, 0) is 57.7 Å². The smallest absolute Gasteiger partial charge is 0.188 e. The number of piperidine rings is 1. The Morgan fingerprint density at radius 2 is 2.18 bits per heavy atom. The monoisotopic (exact) mass is 304 g/mol. The number of nitrogens with two attached hydrogens (primary N) is 1. The van der Waals surface area contributed by atoms with Gasteiger partial charge >= 0.3 is 0 Å². The Bertz CT molecular complexity index is 518. The van der Waals surface area contributed by atoms with Gasteiger partial charge in [0.2, 0.25) is 0 Å². The van der Waals surface area contributed by atoms with Crippen molar-refractivity contribution in [1.29, 1.82) is 0 Å². The first-order valence-electron chi connectivity index (χ1n) is 8.39. The summed E-state index contributed by atoms with van der Waals surface area (Å²) in [4.78, 5) is 7.05. The molecule has 6 nitrogen and oxygen atoms in total. The zero-order valence-corrected chi connectivity index (χ0v) is 13.7. The van der Waals surface area contributed by atoms with Crippen LogP contribution in [-0.2, 0) is 7.05 Å². The molecule has 2 aliphatic rings. The molecule has 2 fully saturated rings. The number of nitrogens with zero attached hydrogens (tertiary/aromatic N) is 4. The maximum Gasteiger partial charge on any atom is 0.188 e. The summed E-state index contributed by atoms with van der Waals surface area (Å²) in [7, 11) is 4.22. The van der Waals surface area contributed by atoms with E-state index in [1.807, 2.05) is 17.9 Å². The standard InChI is InChI=1S/C16H28N6/c1-21-10-4-5-12(15(21)14-8-9-19-22(14)2)11-18-16(17)20-13-6-3-7-13/h8-9,12-13,15H,3-7,10-11H2,1-2H3,(H3,17,18,20)/t12-,15+/m0/s1. The predicted molar refractivity (Wildman–Crippen MR) is 88.6 cm³/mol. The summed E-state index contributed by atoms with van der Waals surface area (Å²) in [6.45, 7) is 1.91. The van der Waals surface area contributed by atoms with E-state index in [9.17, 15) is 0 Å². The Morgan fingerprint density at radius 3 is 2.82 bits per heavy atom. The summed E-state index contributed by atoms with van der Waals surface area (Å²) in [5.74, 6) is 1.11. The quantitative estimate of drug-likeness (QED) is 0.649. The van der Waals surface area contributed by atoms with Crippen molar-refractivity contribution < 1.29 is 0 Å². The molecule has 2 atom stereocenters. The number of hydrogen-bond acceptors (Lipinski definition) is 3. The largest absolute Gasteiger partial charge is 0.370 e. The van der Waals surface area contributed by atoms with Crippen LogP contribution in [0.1, 0.15) is 43.8 Å². The number of aromatic nitrogens is 2. The number of hydrogen-bond donors (Lipinski definition) is 2. The van der Waals surface area contributed by atoms with Crippen molar-refractivity contribution in [2.24, 2.45) is 23.7 Å². The Hall–Kier alpha value is -1.56. The van der Waals surface area contributed by atoms with Crippen molar-refractivity contribution >= 4 is 5.96 Å². The van der Waals surface area contributed by atoms with Gasteiger partial charge in [0, 0.05) is 25.8 Å². The van der Waals surface area contributed by atoms with Crippen LogP contribution in [0.25, 0.3) is 0 Å². The third kappa shape index (κ3) is 3.27. The Kier molecular flexibility index (Phi) is 4.66. The van der Waals surface area contributed by atoms with E-state index in [4.69, 9.17) is 5.73 Å². The average Bonchev–Trinajstić information content (AvgIpc) is 2.86. The topological polar surface area (TPSA) is 71.5 Å². The zero-order chi connectivity index (χ0) is 15.5. The molecule has 1 saturated heterocycles. The molecule has 0 amide bonds. The van der Waals surface area contributed by atoms with Gasteiger partial charge in [0.15, 0.2) is 5.96 Å². The van der Waals surface area contributed by atoms with Crippen LogP contribution >= 0.6 is 0 Å². The van der Waals surface area contributed by atoms with E-state index in [-0.39, 0.29) is 0 Å². The van der Waals surface area contributed by atoms with Gasteiger partial charge in [0.05, 0.1) is 11.7 Å². The number of nitrogens with one attached hydrogen (secondary N) is 1. The first kappa shape index (κ1) is 15.3. The molecule has 1 aliphatic heterocycles. The van der Waals surface area contributed by atoms with Gasteiger partial charge in [-0.2, -0.15) is 5.10 Å². The normalized spacial score (nSPS) is 27.6. The lowest BCUT2D eigenvalue weighted by Crippen LogP contribution is -2.44. The van der Waals surface area contributed by atoms with Crippen molar-refractivity contribution in [2.75, 3.05) is 20.1 Å². The minimum Gasteiger partial charge on any atom is -0.370 e. The highest BCUT2D eigenvalue weighted by atomic mass is 15.3. The summed E-state index contributed by atoms with van der Waals surface area (Å²) in [5.41, 5.74) is 7.31. The number of guanidine groups is 1. The Morgan fingerprint density at radius 1 is 1.36 bits per heavy atom. The van der Waals surface area contributed by atoms with Crippen LogP contribution in [-0.4, -0.2) is 46.8 Å². The zero-order valence-electron chi connectivity index (χ0n) is 13.7. The van der Waals surface area contributed by atoms with Gasteiger partial charge in [0.1, 0.15) is 0 Å². The molecule has 3 rings (SSSR count). The van der Waals surface area contributed by atoms with Gasteiger partial charge in [-0.1, -0.05) is 0 Å². The minimum atomic E-state index is 0.376. The fourth-order valence-electron chi connectivity index (χ4n) is 3.62. The maximum atomic E-state index is 6.04. The molecule has 2 heterocycles. The second-order valence-corrected chi connectivity index (χ2v) is 6.71. The Labute approximate surface area is 132 Å². The average molecular weight is 304 g/mol. The molecular weight excluding hydrogens is 276 g/mol. The number of aliphatic imine (C=N–C) groups is 1. The highest BCUT2D eigenvalue weighted by Gasteiger charge is 2.32. The second kappa shape index (κ2) is 6.69. The van der Waals surface area contributed by atoms with Crippen molar-refractivity contribution in [3.63, 3.8) is 0 Å². The van der Waals surface area contributed by atoms with Crippen LogP contribution in [0.2, 0.25) is 0 Å². The van der Waals surface area contributed by atoms with Crippen LogP contribution in [0.15, 0.2) is 17.3 Å². The molecule has 1 aliphatic carbocycles. The number of likely N-dealkylation sites (tertiary alicyclic amines) is 1. The second-order valence-electron chi connectivity index (χ2n) is 6.71. The molecule has 0 unspecified atom stereocenters. The van der Waals surface area contributed by atoms with E-state index in [0.717, 1.165) is 13.1 Å². The van der Waals surface area contributed by atoms with E-state index in [1.165, 1.54) is 37.8 Å². The lowest BCUT2D eigenvalue weighted by molar-refractivity contribution is 0.119. The lowest BCUT2D eigenvalue weighted by atomic mass is 9.87. The molecule has 0 bridgehead atoms. The van der Waals surface area contributed by atoms with E-state index < -0.39 is 0 Å². The molecular formula is C16H28N6. The molecule has 3 N–H and O–H groups in total. The van der Waals surface area contributed by atoms with Gasteiger partial charge in [0.25, 0.3) is 0 Å². The van der Waals surface area contributed by atoms with E-state index in [0.29, 0.717) is 24.0 Å². The lowest BCUT2D eigenvalue weighted by Gasteiger charge is -2.38. The molecule has 1 saturated carbocycles. The molecule has 6 heteroatoms. The van der Waals surface area contributed by atoms with Gasteiger partial charge in [-0.25, -0.2) is 0 Å². The SMILES string of the molecule is CN1CCC[C@@H](CN=C(N)NC2CCC2)[C@@H]1c1ccnn1C. The summed E-state index contributed by atoms with van der Waals surface area (Å²) < 4.78 is 1.99. The molecule has 1 aromatic rings. The highest BCUT2D eigenvalue weighted by molar-refractivity contribution is 5.78. The Balaban J connectivity index is 1.67. The van der Waals surface area contributed by atoms with E-state index >= 15 is 0 Å². The summed E-state index contributed by atoms with van der Waals surface area (Å²) in [5, 5.41) is 7.66. The fraction of sp³-hybridized carbons (Fsp3) is 0.750. The van der Waals surface area contributed by atoms with Crippen molar-refractivity contribution in [1.82, 2.24) is 20.0 Å². The molecule has 0 radical (unpaired) electrons. The first-order chi connectivity index (χ1) is 10.6. The van der Waals surface area contributed by atoms with E-state index in [1.54, 1.807) is 0 Å². The summed E-state index contributed by atoms with van der Waals surface area (Å²) in [6.07, 6.45) is 8.05. The third-order valence-corrected chi connectivity index (χ3v) is 5.12. The predicted octanol–water partition coefficient (Wildman–Crippen LogP) is 1.26. The molecule has 0 aromatic carbocycles. The van der Waals surface area contributed by atoms with Crippen molar-refractivity contribution in [3.8, 4) is 0 Å². The van der Waals surface area contributed by atoms with Crippen LogP contribution < -0.4 is 11.1 Å². The van der Waals surface area contributed by atoms with Gasteiger partial charge < -0.3 is 11.1 Å². The summed E-state index contributed by atoms with van der Waals surface area (Å²) >= 11 is 0.